The molecule has 0 saturated carbocycles. The van der Waals surface area contributed by atoms with Crippen molar-refractivity contribution in [2.45, 2.75) is 5.60 Å². The van der Waals surface area contributed by atoms with E-state index in [1.165, 1.54) is 6.20 Å². The van der Waals surface area contributed by atoms with Crippen LogP contribution in [0, 0.1) is 0 Å². The second-order valence-electron chi connectivity index (χ2n) is 16.2. The van der Waals surface area contributed by atoms with Gasteiger partial charge in [0.2, 0.25) is 5.88 Å². The minimum absolute atomic E-state index is 0.0211. The Bertz CT molecular complexity index is 3570. The zero-order valence-electron chi connectivity index (χ0n) is 35.8. The fourth-order valence-corrected chi connectivity index (χ4v) is 9.64. The minimum atomic E-state index is -2.11. The molecule has 69 heavy (non-hydrogen) atoms. The van der Waals surface area contributed by atoms with Gasteiger partial charge in [-0.1, -0.05) is 4.49 Å². The van der Waals surface area contributed by atoms with Gasteiger partial charge in [0.1, 0.15) is 75.4 Å². The van der Waals surface area contributed by atoms with Crippen LogP contribution >= 0.6 is 11.5 Å². The number of rotatable bonds is 6. The molecule has 0 saturated heterocycles. The van der Waals surface area contributed by atoms with Crippen molar-refractivity contribution < 1.29 is 47.4 Å². The molecule has 0 spiro atoms. The SMILES string of the molecule is O=C1N(c2ccc3c(c2)OCCO3)c2c(-c3cnc4c(c3-c3ccc5c(n3)OCCO5)OCCO4)cc(-c3cc4cccnc4[nH]3)nc2OC1(c1cnc2snnc2c1)c1cc2c(cn1)OCCO2. The van der Waals surface area contributed by atoms with Crippen LogP contribution in [0.4, 0.5) is 11.4 Å². The molecule has 1 aromatic carbocycles. The van der Waals surface area contributed by atoms with Gasteiger partial charge in [-0.05, 0) is 54.6 Å². The van der Waals surface area contributed by atoms with Gasteiger partial charge < -0.3 is 47.6 Å². The number of carbonyl (C=O) groups is 1. The van der Waals surface area contributed by atoms with Gasteiger partial charge in [-0.2, -0.15) is 0 Å². The standard InChI is InChI=1S/C48H32N10O10S/c59-47-48(25-17-32-46(52-21-25)69-57-56-32,38-20-36-37(23-50-38)64-11-10-63-36)68-44-40(58(47)26-3-5-33-35(18-26)62-9-8-60-33)27(19-31(55-44)30-16-24-2-1-7-49-42(24)53-30)28-22-51-45-41(65-13-15-67-45)39(28)29-4-6-34-43(54-29)66-14-12-61-34/h1-7,16-23H,8-15H2,(H,49,53). The van der Waals surface area contributed by atoms with E-state index in [1.54, 1.807) is 59.9 Å². The lowest BCUT2D eigenvalue weighted by atomic mass is 9.86. The number of carbonyl (C=O) groups excluding carboxylic acids is 1. The first-order chi connectivity index (χ1) is 34.1. The fraction of sp³-hybridized carbons (Fsp3) is 0.188. The highest BCUT2D eigenvalue weighted by molar-refractivity contribution is 7.12. The molecule has 20 nitrogen and oxygen atoms in total. The van der Waals surface area contributed by atoms with E-state index in [1.807, 2.05) is 30.3 Å². The van der Waals surface area contributed by atoms with Gasteiger partial charge in [-0.3, -0.25) is 14.7 Å². The lowest BCUT2D eigenvalue weighted by molar-refractivity contribution is -0.132. The summed E-state index contributed by atoms with van der Waals surface area (Å²) in [6.45, 7) is 2.48. The van der Waals surface area contributed by atoms with Gasteiger partial charge >= 0.3 is 0 Å². The maximum absolute atomic E-state index is 16.6. The van der Waals surface area contributed by atoms with Crippen LogP contribution in [0.5, 0.6) is 52.1 Å². The van der Waals surface area contributed by atoms with Gasteiger partial charge in [0, 0.05) is 64.3 Å². The van der Waals surface area contributed by atoms with Crippen LogP contribution in [0.1, 0.15) is 11.3 Å². The fourth-order valence-electron chi connectivity index (χ4n) is 9.14. The summed E-state index contributed by atoms with van der Waals surface area (Å²) in [6, 6.07) is 19.9. The van der Waals surface area contributed by atoms with Crippen molar-refractivity contribution in [3.05, 3.63) is 103 Å². The van der Waals surface area contributed by atoms with Crippen molar-refractivity contribution in [1.29, 1.82) is 0 Å². The molecular formula is C48H32N10O10S. The van der Waals surface area contributed by atoms with Crippen LogP contribution in [0.3, 0.4) is 0 Å². The number of anilines is 2. The average Bonchev–Trinajstić information content (AvgIpc) is 4.08. The maximum atomic E-state index is 16.6. The van der Waals surface area contributed by atoms with E-state index in [2.05, 4.69) is 19.6 Å². The van der Waals surface area contributed by atoms with E-state index in [-0.39, 0.29) is 48.5 Å². The van der Waals surface area contributed by atoms with Crippen molar-refractivity contribution in [2.75, 3.05) is 57.8 Å². The van der Waals surface area contributed by atoms with Crippen LogP contribution in [-0.2, 0) is 10.4 Å². The molecule has 0 radical (unpaired) electrons. The molecule has 0 aliphatic carbocycles. The molecule has 8 aromatic heterocycles. The normalized spacial score (nSPS) is 17.6. The molecule has 5 aliphatic rings. The smallest absolute Gasteiger partial charge is 0.287 e. The van der Waals surface area contributed by atoms with Gasteiger partial charge in [0.25, 0.3) is 23.3 Å². The Labute approximate surface area is 392 Å². The number of hydrogen-bond donors (Lipinski definition) is 1. The van der Waals surface area contributed by atoms with Crippen molar-refractivity contribution in [3.8, 4) is 85.9 Å². The molecule has 13 heterocycles. The van der Waals surface area contributed by atoms with Crippen molar-refractivity contribution >= 4 is 50.2 Å². The number of nitrogens with one attached hydrogen (secondary N) is 1. The Morgan fingerprint density at radius 2 is 1.39 bits per heavy atom. The van der Waals surface area contributed by atoms with E-state index in [4.69, 9.17) is 67.6 Å². The molecule has 21 heteroatoms. The summed E-state index contributed by atoms with van der Waals surface area (Å²) < 4.78 is 60.0. The third-order valence-electron chi connectivity index (χ3n) is 12.2. The van der Waals surface area contributed by atoms with Crippen molar-refractivity contribution in [2.24, 2.45) is 0 Å². The molecule has 5 aliphatic heterocycles. The molecule has 0 fully saturated rings. The molecule has 14 rings (SSSR count). The lowest BCUT2D eigenvalue weighted by Gasteiger charge is -2.43. The van der Waals surface area contributed by atoms with Crippen LogP contribution in [0.25, 0.3) is 55.2 Å². The molecule has 1 atom stereocenters. The van der Waals surface area contributed by atoms with Gasteiger partial charge in [0.15, 0.2) is 39.3 Å². The van der Waals surface area contributed by atoms with E-state index in [9.17, 15) is 0 Å². The number of amides is 1. The first kappa shape index (κ1) is 39.3. The summed E-state index contributed by atoms with van der Waals surface area (Å²) >= 11 is 1.12. The van der Waals surface area contributed by atoms with Crippen molar-refractivity contribution in [1.82, 2.24) is 44.5 Å². The van der Waals surface area contributed by atoms with Gasteiger partial charge in [-0.15, -0.1) is 5.10 Å². The van der Waals surface area contributed by atoms with E-state index >= 15 is 4.79 Å². The van der Waals surface area contributed by atoms with E-state index in [0.29, 0.717) is 129 Å². The lowest BCUT2D eigenvalue weighted by Crippen LogP contribution is -2.54. The number of benzene rings is 1. The number of aromatic nitrogens is 9. The topological polar surface area (TPSA) is 222 Å². The monoisotopic (exact) mass is 940 g/mol. The van der Waals surface area contributed by atoms with Crippen molar-refractivity contribution in [3.63, 3.8) is 0 Å². The Kier molecular flexibility index (Phi) is 8.75. The molecule has 340 valence electrons. The summed E-state index contributed by atoms with van der Waals surface area (Å²) in [5.74, 6) is 2.55. The highest BCUT2D eigenvalue weighted by Crippen LogP contribution is 2.56. The second kappa shape index (κ2) is 15.3. The Balaban J connectivity index is 1.10. The van der Waals surface area contributed by atoms with Gasteiger partial charge in [0.05, 0.1) is 34.5 Å². The molecule has 0 bridgehead atoms. The second-order valence-corrected chi connectivity index (χ2v) is 16.9. The van der Waals surface area contributed by atoms with Gasteiger partial charge in [-0.25, -0.2) is 24.9 Å². The average molecular weight is 941 g/mol. The number of ether oxygens (including phenoxy) is 9. The molecule has 9 aromatic rings. The summed E-state index contributed by atoms with van der Waals surface area (Å²) in [5.41, 5.74) is 2.94. The van der Waals surface area contributed by atoms with E-state index in [0.717, 1.165) is 16.9 Å². The number of hydrogen-bond acceptors (Lipinski definition) is 19. The van der Waals surface area contributed by atoms with E-state index < -0.39 is 11.5 Å². The Hall–Kier alpha value is -8.85. The minimum Gasteiger partial charge on any atom is -0.486 e. The van der Waals surface area contributed by atoms with Crippen LogP contribution in [-0.4, -0.2) is 103 Å². The summed E-state index contributed by atoms with van der Waals surface area (Å²) in [6.07, 6.45) is 6.45. The third-order valence-corrected chi connectivity index (χ3v) is 12.9. The predicted molar refractivity (Wildman–Crippen MR) is 244 cm³/mol. The number of pyridine rings is 6. The van der Waals surface area contributed by atoms with Crippen LogP contribution < -0.4 is 47.5 Å². The molecular weight excluding hydrogens is 909 g/mol. The number of nitrogens with zero attached hydrogens (tertiary/aromatic N) is 9. The predicted octanol–water partition coefficient (Wildman–Crippen LogP) is 6.63. The molecule has 1 amide bonds. The highest BCUT2D eigenvalue weighted by atomic mass is 32.1. The largest absolute Gasteiger partial charge is 0.486 e. The zero-order chi connectivity index (χ0) is 45.6. The molecule has 1 N–H and O–H groups in total. The maximum Gasteiger partial charge on any atom is 0.287 e. The summed E-state index contributed by atoms with van der Waals surface area (Å²) in [5, 5.41) is 5.19. The quantitative estimate of drug-likeness (QED) is 0.185. The summed E-state index contributed by atoms with van der Waals surface area (Å²) in [4.78, 5) is 51.5. The Morgan fingerprint density at radius 3 is 2.28 bits per heavy atom. The third kappa shape index (κ3) is 6.23. The summed E-state index contributed by atoms with van der Waals surface area (Å²) in [7, 11) is 0. The first-order valence-electron chi connectivity index (χ1n) is 21.9. The zero-order valence-corrected chi connectivity index (χ0v) is 36.6. The Morgan fingerprint density at radius 1 is 0.623 bits per heavy atom. The first-order valence-corrected chi connectivity index (χ1v) is 22.7. The number of aromatic amines is 1. The highest BCUT2D eigenvalue weighted by Gasteiger charge is 2.56. The number of fused-ring (bicyclic) bond motifs is 7. The van der Waals surface area contributed by atoms with Crippen LogP contribution in [0.15, 0.2) is 91.5 Å². The van der Waals surface area contributed by atoms with Crippen LogP contribution in [0.2, 0.25) is 0 Å². The number of H-pyrrole nitrogens is 1. The molecule has 1 unspecified atom stereocenters.